The minimum atomic E-state index is 0.449. The molecule has 1 heterocycles. The summed E-state index contributed by atoms with van der Waals surface area (Å²) in [6.07, 6.45) is 1.44. The van der Waals surface area contributed by atoms with Crippen molar-refractivity contribution in [2.45, 2.75) is 13.8 Å². The SMILES string of the molecule is Cc1c(OCCCl)cc[n+]([O-])c1C. The average Bonchev–Trinajstić information content (AvgIpc) is 2.13. The lowest BCUT2D eigenvalue weighted by molar-refractivity contribution is -0.612. The third kappa shape index (κ3) is 2.25. The average molecular weight is 202 g/mol. The second-order valence-electron chi connectivity index (χ2n) is 2.75. The van der Waals surface area contributed by atoms with Gasteiger partial charge in [0.1, 0.15) is 12.4 Å². The molecule has 0 aromatic carbocycles. The van der Waals surface area contributed by atoms with Crippen molar-refractivity contribution >= 4 is 11.6 Å². The molecule has 0 saturated carbocycles. The third-order valence-electron chi connectivity index (χ3n) is 1.94. The maximum absolute atomic E-state index is 11.1. The van der Waals surface area contributed by atoms with E-state index < -0.39 is 0 Å². The fraction of sp³-hybridized carbons (Fsp3) is 0.444. The van der Waals surface area contributed by atoms with E-state index in [2.05, 4.69) is 0 Å². The van der Waals surface area contributed by atoms with Crippen LogP contribution < -0.4 is 9.47 Å². The fourth-order valence-electron chi connectivity index (χ4n) is 1.02. The first kappa shape index (κ1) is 10.1. The normalized spacial score (nSPS) is 10.1. The number of rotatable bonds is 3. The highest BCUT2D eigenvalue weighted by molar-refractivity contribution is 6.18. The third-order valence-corrected chi connectivity index (χ3v) is 2.09. The van der Waals surface area contributed by atoms with Gasteiger partial charge in [-0.2, -0.15) is 4.73 Å². The molecule has 1 rings (SSSR count). The first-order chi connectivity index (χ1) is 6.16. The summed E-state index contributed by atoms with van der Waals surface area (Å²) in [5.74, 6) is 1.18. The molecule has 4 heteroatoms. The lowest BCUT2D eigenvalue weighted by Gasteiger charge is -2.09. The monoisotopic (exact) mass is 201 g/mol. The van der Waals surface area contributed by atoms with E-state index in [9.17, 15) is 5.21 Å². The highest BCUT2D eigenvalue weighted by Gasteiger charge is 2.09. The summed E-state index contributed by atoms with van der Waals surface area (Å²) >= 11 is 5.48. The Morgan fingerprint density at radius 2 is 2.23 bits per heavy atom. The lowest BCUT2D eigenvalue weighted by atomic mass is 10.2. The van der Waals surface area contributed by atoms with Crippen molar-refractivity contribution in [2.75, 3.05) is 12.5 Å². The molecule has 0 atom stereocenters. The minimum Gasteiger partial charge on any atom is -0.618 e. The number of ether oxygens (including phenoxy) is 1. The second-order valence-corrected chi connectivity index (χ2v) is 3.13. The van der Waals surface area contributed by atoms with Gasteiger partial charge in [0.15, 0.2) is 11.9 Å². The van der Waals surface area contributed by atoms with Gasteiger partial charge in [0.2, 0.25) is 0 Å². The summed E-state index contributed by atoms with van der Waals surface area (Å²) in [6.45, 7) is 4.08. The number of pyridine rings is 1. The predicted octanol–water partition coefficient (Wildman–Crippen LogP) is 1.55. The van der Waals surface area contributed by atoms with E-state index >= 15 is 0 Å². The first-order valence-corrected chi connectivity index (χ1v) is 4.58. The molecular formula is C9H12ClNO2. The Bertz CT molecular complexity index is 302. The van der Waals surface area contributed by atoms with Crippen LogP contribution in [0.25, 0.3) is 0 Å². The van der Waals surface area contributed by atoms with Crippen LogP contribution in [0.3, 0.4) is 0 Å². The number of alkyl halides is 1. The van der Waals surface area contributed by atoms with Crippen LogP contribution in [0.15, 0.2) is 12.3 Å². The molecule has 0 bridgehead atoms. The van der Waals surface area contributed by atoms with Gasteiger partial charge in [-0.05, 0) is 6.92 Å². The summed E-state index contributed by atoms with van der Waals surface area (Å²) < 4.78 is 6.16. The van der Waals surface area contributed by atoms with Crippen LogP contribution in [-0.4, -0.2) is 12.5 Å². The smallest absolute Gasteiger partial charge is 0.196 e. The summed E-state index contributed by atoms with van der Waals surface area (Å²) in [6, 6.07) is 1.65. The molecule has 0 spiro atoms. The van der Waals surface area contributed by atoms with E-state index in [1.807, 2.05) is 6.92 Å². The van der Waals surface area contributed by atoms with Gasteiger partial charge in [-0.15, -0.1) is 11.6 Å². The van der Waals surface area contributed by atoms with E-state index in [-0.39, 0.29) is 0 Å². The Labute approximate surface area is 82.5 Å². The van der Waals surface area contributed by atoms with Gasteiger partial charge in [0, 0.05) is 13.0 Å². The summed E-state index contributed by atoms with van der Waals surface area (Å²) in [5, 5.41) is 11.1. The van der Waals surface area contributed by atoms with Crippen molar-refractivity contribution in [2.24, 2.45) is 0 Å². The molecule has 0 saturated heterocycles. The predicted molar refractivity (Wildman–Crippen MR) is 51.1 cm³/mol. The Morgan fingerprint density at radius 3 is 2.85 bits per heavy atom. The van der Waals surface area contributed by atoms with Crippen LogP contribution >= 0.6 is 11.6 Å². The van der Waals surface area contributed by atoms with Crippen LogP contribution in [0.1, 0.15) is 11.3 Å². The van der Waals surface area contributed by atoms with Crippen LogP contribution in [0.4, 0.5) is 0 Å². The molecule has 1 aromatic rings. The van der Waals surface area contributed by atoms with E-state index in [0.29, 0.717) is 18.2 Å². The van der Waals surface area contributed by atoms with Gasteiger partial charge >= 0.3 is 0 Å². The molecule has 0 aliphatic rings. The Balaban J connectivity index is 2.90. The lowest BCUT2D eigenvalue weighted by Crippen LogP contribution is -2.30. The molecule has 0 aliphatic heterocycles. The molecule has 72 valence electrons. The van der Waals surface area contributed by atoms with E-state index in [1.54, 1.807) is 13.0 Å². The molecular weight excluding hydrogens is 190 g/mol. The standard InChI is InChI=1S/C9H12ClNO2/c1-7-8(2)11(12)5-3-9(7)13-6-4-10/h3,5H,4,6H2,1-2H3. The summed E-state index contributed by atoms with van der Waals surface area (Å²) in [4.78, 5) is 0. The van der Waals surface area contributed by atoms with Gasteiger partial charge in [-0.1, -0.05) is 0 Å². The Kier molecular flexibility index (Phi) is 3.37. The van der Waals surface area contributed by atoms with E-state index in [0.717, 1.165) is 16.0 Å². The van der Waals surface area contributed by atoms with Crippen LogP contribution in [-0.2, 0) is 0 Å². The van der Waals surface area contributed by atoms with Crippen molar-refractivity contribution in [1.82, 2.24) is 0 Å². The number of halogens is 1. The fourth-order valence-corrected chi connectivity index (χ4v) is 1.10. The Hall–Kier alpha value is -0.960. The maximum Gasteiger partial charge on any atom is 0.196 e. The van der Waals surface area contributed by atoms with Crippen molar-refractivity contribution in [3.8, 4) is 5.75 Å². The summed E-state index contributed by atoms with van der Waals surface area (Å²) in [7, 11) is 0. The molecule has 0 radical (unpaired) electrons. The van der Waals surface area contributed by atoms with Crippen molar-refractivity contribution in [1.29, 1.82) is 0 Å². The highest BCUT2D eigenvalue weighted by Crippen LogP contribution is 2.17. The number of hydrogen-bond acceptors (Lipinski definition) is 2. The van der Waals surface area contributed by atoms with Gasteiger partial charge in [0.05, 0.1) is 11.4 Å². The van der Waals surface area contributed by atoms with Crippen molar-refractivity contribution in [3.63, 3.8) is 0 Å². The minimum absolute atomic E-state index is 0.449. The van der Waals surface area contributed by atoms with Gasteiger partial charge in [-0.25, -0.2) is 0 Å². The van der Waals surface area contributed by atoms with E-state index in [1.165, 1.54) is 6.20 Å². The molecule has 1 aromatic heterocycles. The topological polar surface area (TPSA) is 36.2 Å². The maximum atomic E-state index is 11.1. The molecule has 0 amide bonds. The van der Waals surface area contributed by atoms with Gasteiger partial charge in [0.25, 0.3) is 0 Å². The molecule has 0 N–H and O–H groups in total. The van der Waals surface area contributed by atoms with E-state index in [4.69, 9.17) is 16.3 Å². The number of aromatic nitrogens is 1. The quantitative estimate of drug-likeness (QED) is 0.423. The zero-order valence-corrected chi connectivity index (χ0v) is 8.47. The molecule has 3 nitrogen and oxygen atoms in total. The highest BCUT2D eigenvalue weighted by atomic mass is 35.5. The first-order valence-electron chi connectivity index (χ1n) is 4.05. The molecule has 0 aliphatic carbocycles. The van der Waals surface area contributed by atoms with Crippen LogP contribution in [0.5, 0.6) is 5.75 Å². The van der Waals surface area contributed by atoms with Gasteiger partial charge < -0.3 is 9.94 Å². The number of nitrogens with zero attached hydrogens (tertiary/aromatic N) is 1. The number of hydrogen-bond donors (Lipinski definition) is 0. The van der Waals surface area contributed by atoms with Crippen LogP contribution in [0, 0.1) is 19.1 Å². The molecule has 13 heavy (non-hydrogen) atoms. The van der Waals surface area contributed by atoms with Crippen LogP contribution in [0.2, 0.25) is 0 Å². The molecule has 0 fully saturated rings. The largest absolute Gasteiger partial charge is 0.618 e. The zero-order chi connectivity index (χ0) is 9.84. The summed E-state index contributed by atoms with van der Waals surface area (Å²) in [5.41, 5.74) is 1.52. The second kappa shape index (κ2) is 4.33. The van der Waals surface area contributed by atoms with Crippen molar-refractivity contribution in [3.05, 3.63) is 28.7 Å². The Morgan fingerprint density at radius 1 is 1.54 bits per heavy atom. The molecule has 0 unspecified atom stereocenters. The zero-order valence-electron chi connectivity index (χ0n) is 7.71. The van der Waals surface area contributed by atoms with Crippen molar-refractivity contribution < 1.29 is 9.47 Å². The van der Waals surface area contributed by atoms with Gasteiger partial charge in [-0.3, -0.25) is 0 Å².